The molecule has 8 nitrogen and oxygen atoms in total. The fraction of sp³-hybridized carbons (Fsp3) is 0.237. The van der Waals surface area contributed by atoms with Crippen LogP contribution < -0.4 is 10.2 Å². The quantitative estimate of drug-likeness (QED) is 0.187. The topological polar surface area (TPSA) is 110 Å². The maximum Gasteiger partial charge on any atom is 0.264 e. The third-order valence-corrected chi connectivity index (χ3v) is 9.58. The molecule has 0 saturated carbocycles. The number of nitrogens with zero attached hydrogens (tertiary/aromatic N) is 2. The van der Waals surface area contributed by atoms with E-state index in [-0.39, 0.29) is 37.4 Å². The molecular formula is C38H36BrN3O5. The molecule has 4 aromatic carbocycles. The molecule has 4 aromatic rings. The summed E-state index contributed by atoms with van der Waals surface area (Å²) < 4.78 is 0.731. The molecule has 3 atom stereocenters. The average Bonchev–Trinajstić information content (AvgIpc) is 3.30. The van der Waals surface area contributed by atoms with E-state index < -0.39 is 17.4 Å². The number of halogens is 1. The van der Waals surface area contributed by atoms with Crippen molar-refractivity contribution in [2.75, 3.05) is 16.8 Å². The number of rotatable bonds is 9. The van der Waals surface area contributed by atoms with Crippen LogP contribution in [0.15, 0.2) is 114 Å². The van der Waals surface area contributed by atoms with Crippen LogP contribution in [0.3, 0.4) is 0 Å². The van der Waals surface area contributed by atoms with E-state index in [1.807, 2.05) is 54.6 Å². The lowest BCUT2D eigenvalue weighted by atomic mass is 9.83. The SMILES string of the molecule is C[C@H](/C=C/CC(=O)N1Cc2ccccc2C[C@H]1CO)[C@@]1(O)C(=O)N(Cc2ccc(NC(=O)c3ccccc3)cc2)c2ccc(Br)cc21. The van der Waals surface area contributed by atoms with Crippen molar-refractivity contribution < 1.29 is 24.6 Å². The maximum atomic E-state index is 14.0. The first-order valence-corrected chi connectivity index (χ1v) is 16.4. The number of nitrogens with one attached hydrogen (secondary N) is 1. The van der Waals surface area contributed by atoms with Crippen LogP contribution >= 0.6 is 15.9 Å². The van der Waals surface area contributed by atoms with E-state index in [1.54, 1.807) is 71.3 Å². The zero-order chi connectivity index (χ0) is 33.1. The van der Waals surface area contributed by atoms with Gasteiger partial charge in [-0.15, -0.1) is 0 Å². The highest BCUT2D eigenvalue weighted by Crippen LogP contribution is 2.46. The van der Waals surface area contributed by atoms with Gasteiger partial charge in [-0.25, -0.2) is 0 Å². The number of amides is 3. The zero-order valence-electron chi connectivity index (χ0n) is 26.0. The molecule has 2 heterocycles. The molecule has 0 unspecified atom stereocenters. The zero-order valence-corrected chi connectivity index (χ0v) is 27.6. The molecule has 3 amide bonds. The van der Waals surface area contributed by atoms with Crippen molar-refractivity contribution in [2.24, 2.45) is 5.92 Å². The number of hydrogen-bond acceptors (Lipinski definition) is 5. The summed E-state index contributed by atoms with van der Waals surface area (Å²) in [6.07, 6.45) is 4.10. The second kappa shape index (κ2) is 13.7. The highest BCUT2D eigenvalue weighted by Gasteiger charge is 2.52. The van der Waals surface area contributed by atoms with Crippen molar-refractivity contribution in [1.82, 2.24) is 4.90 Å². The van der Waals surface area contributed by atoms with Crippen LogP contribution in [-0.4, -0.2) is 45.5 Å². The van der Waals surface area contributed by atoms with Gasteiger partial charge in [0, 0.05) is 40.2 Å². The Balaban J connectivity index is 1.16. The number of carbonyl (C=O) groups is 3. The minimum atomic E-state index is -1.85. The summed E-state index contributed by atoms with van der Waals surface area (Å²) in [4.78, 5) is 43.1. The van der Waals surface area contributed by atoms with Crippen LogP contribution in [0.4, 0.5) is 11.4 Å². The summed E-state index contributed by atoms with van der Waals surface area (Å²) >= 11 is 3.49. The molecule has 0 saturated heterocycles. The molecule has 2 aliphatic heterocycles. The third-order valence-electron chi connectivity index (χ3n) is 9.08. The first-order chi connectivity index (χ1) is 22.7. The largest absolute Gasteiger partial charge is 0.394 e. The second-order valence-corrected chi connectivity index (χ2v) is 13.0. The summed E-state index contributed by atoms with van der Waals surface area (Å²) in [6, 6.07) is 29.3. The minimum absolute atomic E-state index is 0.0789. The van der Waals surface area contributed by atoms with Gasteiger partial charge in [0.05, 0.1) is 24.9 Å². The summed E-state index contributed by atoms with van der Waals surface area (Å²) in [5, 5.41) is 24.9. The van der Waals surface area contributed by atoms with Gasteiger partial charge in [0.25, 0.3) is 11.8 Å². The van der Waals surface area contributed by atoms with Crippen LogP contribution in [0.5, 0.6) is 0 Å². The number of aliphatic hydroxyl groups excluding tert-OH is 1. The van der Waals surface area contributed by atoms with Crippen molar-refractivity contribution in [3.8, 4) is 0 Å². The lowest BCUT2D eigenvalue weighted by Crippen LogP contribution is -2.46. The summed E-state index contributed by atoms with van der Waals surface area (Å²) in [5.74, 6) is -1.44. The first-order valence-electron chi connectivity index (χ1n) is 15.6. The molecule has 0 bridgehead atoms. The standard InChI is InChI=1S/C38H36BrN3O5/c1-25(8-7-13-35(44)41-23-29-12-6-5-11-28(29)20-32(41)24-43)38(47)33-21-30(39)16-19-34(33)42(37(38)46)22-26-14-17-31(18-15-26)40-36(45)27-9-3-2-4-10-27/h2-12,14-19,21,25,32,43,47H,13,20,22-24H2,1H3,(H,40,45)/b8-7+/t25-,32+,38+/m1/s1. The van der Waals surface area contributed by atoms with Gasteiger partial charge in [-0.2, -0.15) is 0 Å². The number of carbonyl (C=O) groups excluding carboxylic acids is 3. The monoisotopic (exact) mass is 693 g/mol. The molecule has 0 fully saturated rings. The van der Waals surface area contributed by atoms with Crippen LogP contribution in [-0.2, 0) is 34.7 Å². The van der Waals surface area contributed by atoms with Gasteiger partial charge in [-0.05, 0) is 65.6 Å². The fourth-order valence-corrected chi connectivity index (χ4v) is 6.78. The van der Waals surface area contributed by atoms with Crippen molar-refractivity contribution in [3.63, 3.8) is 0 Å². The Morgan fingerprint density at radius 3 is 2.43 bits per heavy atom. The van der Waals surface area contributed by atoms with E-state index in [4.69, 9.17) is 0 Å². The Morgan fingerprint density at radius 2 is 1.70 bits per heavy atom. The Hall–Kier alpha value is -4.57. The highest BCUT2D eigenvalue weighted by molar-refractivity contribution is 9.10. The Kier molecular flexibility index (Phi) is 9.40. The molecule has 240 valence electrons. The molecule has 0 aromatic heterocycles. The Bertz CT molecular complexity index is 1830. The van der Waals surface area contributed by atoms with E-state index >= 15 is 0 Å². The second-order valence-electron chi connectivity index (χ2n) is 12.1. The number of hydrogen-bond donors (Lipinski definition) is 3. The summed E-state index contributed by atoms with van der Waals surface area (Å²) in [5.41, 5.74) is 3.47. The fourth-order valence-electron chi connectivity index (χ4n) is 6.42. The van der Waals surface area contributed by atoms with Gasteiger partial charge in [0.15, 0.2) is 5.60 Å². The van der Waals surface area contributed by atoms with Gasteiger partial charge >= 0.3 is 0 Å². The summed E-state index contributed by atoms with van der Waals surface area (Å²) in [6.45, 7) is 2.30. The number of anilines is 2. The van der Waals surface area contributed by atoms with E-state index in [2.05, 4.69) is 21.2 Å². The van der Waals surface area contributed by atoms with Crippen LogP contribution in [0.1, 0.15) is 46.0 Å². The minimum Gasteiger partial charge on any atom is -0.394 e. The van der Waals surface area contributed by atoms with Crippen LogP contribution in [0.25, 0.3) is 0 Å². The number of fused-ring (bicyclic) bond motifs is 2. The van der Waals surface area contributed by atoms with Crippen molar-refractivity contribution in [1.29, 1.82) is 0 Å². The molecule has 47 heavy (non-hydrogen) atoms. The van der Waals surface area contributed by atoms with Gasteiger partial charge in [-0.1, -0.05) is 89.6 Å². The molecule has 0 spiro atoms. The first kappa shape index (κ1) is 32.4. The third kappa shape index (κ3) is 6.52. The average molecular weight is 695 g/mol. The predicted octanol–water partition coefficient (Wildman–Crippen LogP) is 5.96. The van der Waals surface area contributed by atoms with E-state index in [9.17, 15) is 24.6 Å². The molecule has 2 aliphatic rings. The van der Waals surface area contributed by atoms with E-state index in [0.29, 0.717) is 35.5 Å². The lowest BCUT2D eigenvalue weighted by molar-refractivity contribution is -0.139. The summed E-state index contributed by atoms with van der Waals surface area (Å²) in [7, 11) is 0. The molecule has 9 heteroatoms. The van der Waals surface area contributed by atoms with Gasteiger partial charge in [0.1, 0.15) is 0 Å². The van der Waals surface area contributed by atoms with Gasteiger partial charge < -0.3 is 25.3 Å². The highest BCUT2D eigenvalue weighted by atomic mass is 79.9. The van der Waals surface area contributed by atoms with E-state index in [1.165, 1.54) is 0 Å². The Morgan fingerprint density at radius 1 is 1.00 bits per heavy atom. The smallest absolute Gasteiger partial charge is 0.264 e. The molecule has 0 aliphatic carbocycles. The van der Waals surface area contributed by atoms with Crippen molar-refractivity contribution >= 4 is 45.0 Å². The van der Waals surface area contributed by atoms with Gasteiger partial charge in [0.2, 0.25) is 5.91 Å². The van der Waals surface area contributed by atoms with Gasteiger partial charge in [-0.3, -0.25) is 14.4 Å². The number of aliphatic hydroxyl groups is 2. The normalized spacial score (nSPS) is 19.4. The molecular weight excluding hydrogens is 658 g/mol. The lowest BCUT2D eigenvalue weighted by Gasteiger charge is -2.36. The molecule has 0 radical (unpaired) electrons. The molecule has 6 rings (SSSR count). The van der Waals surface area contributed by atoms with E-state index in [0.717, 1.165) is 21.2 Å². The maximum absolute atomic E-state index is 14.0. The molecule has 3 N–H and O–H groups in total. The van der Waals surface area contributed by atoms with Crippen LogP contribution in [0.2, 0.25) is 0 Å². The van der Waals surface area contributed by atoms with Crippen molar-refractivity contribution in [2.45, 2.75) is 44.5 Å². The Labute approximate surface area is 282 Å². The van der Waals surface area contributed by atoms with Crippen LogP contribution in [0, 0.1) is 5.92 Å². The number of benzene rings is 4. The van der Waals surface area contributed by atoms with Crippen molar-refractivity contribution in [3.05, 3.63) is 142 Å². The predicted molar refractivity (Wildman–Crippen MR) is 185 cm³/mol.